The van der Waals surface area contributed by atoms with Crippen molar-refractivity contribution in [2.24, 2.45) is 0 Å². The molecule has 0 bridgehead atoms. The third-order valence-electron chi connectivity index (χ3n) is 6.39. The number of ether oxygens (including phenoxy) is 1. The first-order chi connectivity index (χ1) is 16.0. The van der Waals surface area contributed by atoms with Crippen LogP contribution in [0.15, 0.2) is 36.5 Å². The van der Waals surface area contributed by atoms with Crippen LogP contribution in [-0.4, -0.2) is 78.2 Å². The number of benzene rings is 1. The number of hydrogen-bond acceptors (Lipinski definition) is 6. The number of nitrogens with one attached hydrogen (secondary N) is 1. The summed E-state index contributed by atoms with van der Waals surface area (Å²) in [5.41, 5.74) is 1.87. The number of carbonyl (C=O) groups excluding carboxylic acids is 1. The molecule has 33 heavy (non-hydrogen) atoms. The molecule has 0 radical (unpaired) electrons. The van der Waals surface area contributed by atoms with Crippen molar-refractivity contribution in [3.8, 4) is 0 Å². The minimum Gasteiger partial charge on any atom is -0.449 e. The number of nitrogens with zero attached hydrogens (tertiary/aromatic N) is 4. The molecule has 2 fully saturated rings. The summed E-state index contributed by atoms with van der Waals surface area (Å²) in [5, 5.41) is 4.47. The Kier molecular flexibility index (Phi) is 8.30. The van der Waals surface area contributed by atoms with E-state index in [0.29, 0.717) is 35.8 Å². The number of amides is 1. The first kappa shape index (κ1) is 24.1. The SMILES string of the molecule is CN1CCCC1CCOC(=O)N1CCN(Cc2cccnc2Nc2cc(Cl)cc(Cl)c2)CC1. The van der Waals surface area contributed by atoms with E-state index in [4.69, 9.17) is 27.9 Å². The molecule has 1 aromatic heterocycles. The topological polar surface area (TPSA) is 60.9 Å². The van der Waals surface area contributed by atoms with Gasteiger partial charge in [-0.3, -0.25) is 4.90 Å². The van der Waals surface area contributed by atoms with Crippen LogP contribution in [0.3, 0.4) is 0 Å². The van der Waals surface area contributed by atoms with Crippen LogP contribution in [0.1, 0.15) is 24.8 Å². The molecule has 1 unspecified atom stereocenters. The highest BCUT2D eigenvalue weighted by molar-refractivity contribution is 6.35. The number of carbonyl (C=O) groups is 1. The molecule has 9 heteroatoms. The van der Waals surface area contributed by atoms with Gasteiger partial charge >= 0.3 is 6.09 Å². The number of rotatable bonds is 7. The molecule has 4 rings (SSSR count). The zero-order valence-electron chi connectivity index (χ0n) is 19.0. The van der Waals surface area contributed by atoms with Crippen molar-refractivity contribution in [2.75, 3.05) is 51.7 Å². The molecular formula is C24H31Cl2N5O2. The number of likely N-dealkylation sites (tertiary alicyclic amines) is 1. The van der Waals surface area contributed by atoms with Gasteiger partial charge < -0.3 is 19.9 Å². The Morgan fingerprint density at radius 3 is 2.61 bits per heavy atom. The summed E-state index contributed by atoms with van der Waals surface area (Å²) in [6, 6.07) is 9.87. The van der Waals surface area contributed by atoms with E-state index < -0.39 is 0 Å². The second kappa shape index (κ2) is 11.4. The molecule has 0 aliphatic carbocycles. The lowest BCUT2D eigenvalue weighted by molar-refractivity contribution is 0.0698. The fraction of sp³-hybridized carbons (Fsp3) is 0.500. The molecule has 7 nitrogen and oxygen atoms in total. The average Bonchev–Trinajstić information content (AvgIpc) is 3.19. The van der Waals surface area contributed by atoms with Crippen LogP contribution in [0, 0.1) is 0 Å². The van der Waals surface area contributed by atoms with Crippen molar-refractivity contribution in [2.45, 2.75) is 31.8 Å². The van der Waals surface area contributed by atoms with Crippen molar-refractivity contribution in [3.05, 3.63) is 52.1 Å². The van der Waals surface area contributed by atoms with E-state index >= 15 is 0 Å². The van der Waals surface area contributed by atoms with Gasteiger partial charge in [-0.2, -0.15) is 0 Å². The van der Waals surface area contributed by atoms with E-state index in [-0.39, 0.29) is 6.09 Å². The number of halogens is 2. The smallest absolute Gasteiger partial charge is 0.409 e. The zero-order valence-corrected chi connectivity index (χ0v) is 20.5. The summed E-state index contributed by atoms with van der Waals surface area (Å²) in [6.45, 7) is 5.27. The second-order valence-electron chi connectivity index (χ2n) is 8.74. The van der Waals surface area contributed by atoms with Gasteiger partial charge in [0.05, 0.1) is 6.61 Å². The summed E-state index contributed by atoms with van der Waals surface area (Å²) >= 11 is 12.2. The van der Waals surface area contributed by atoms with Crippen molar-refractivity contribution < 1.29 is 9.53 Å². The standard InChI is InChI=1S/C24H31Cl2N5O2/c1-29-8-3-5-22(29)6-13-33-24(32)31-11-9-30(10-12-31)17-18-4-2-7-27-23(18)28-21-15-19(25)14-20(26)16-21/h2,4,7,14-16,22H,3,5-6,8-13,17H2,1H3,(H,27,28). The van der Waals surface area contributed by atoms with Crippen LogP contribution in [0.5, 0.6) is 0 Å². The summed E-state index contributed by atoms with van der Waals surface area (Å²) in [7, 11) is 2.14. The van der Waals surface area contributed by atoms with Crippen molar-refractivity contribution in [1.29, 1.82) is 0 Å². The highest BCUT2D eigenvalue weighted by Crippen LogP contribution is 2.26. The Labute approximate surface area is 205 Å². The molecule has 2 aliphatic heterocycles. The Hall–Kier alpha value is -2.06. The van der Waals surface area contributed by atoms with Crippen LogP contribution >= 0.6 is 23.2 Å². The minimum atomic E-state index is -0.197. The summed E-state index contributed by atoms with van der Waals surface area (Å²) < 4.78 is 5.55. The van der Waals surface area contributed by atoms with Gasteiger partial charge in [-0.25, -0.2) is 9.78 Å². The number of anilines is 2. The number of hydrogen-bond donors (Lipinski definition) is 1. The lowest BCUT2D eigenvalue weighted by Crippen LogP contribution is -2.48. The maximum Gasteiger partial charge on any atom is 0.409 e. The minimum absolute atomic E-state index is 0.197. The highest BCUT2D eigenvalue weighted by Gasteiger charge is 2.24. The van der Waals surface area contributed by atoms with Gasteiger partial charge in [-0.05, 0) is 57.1 Å². The summed E-state index contributed by atoms with van der Waals surface area (Å²) in [5.74, 6) is 0.773. The molecule has 1 N–H and O–H groups in total. The third-order valence-corrected chi connectivity index (χ3v) is 6.83. The Morgan fingerprint density at radius 2 is 1.91 bits per heavy atom. The van der Waals surface area contributed by atoms with Crippen LogP contribution < -0.4 is 5.32 Å². The van der Waals surface area contributed by atoms with Gasteiger partial charge in [-0.15, -0.1) is 0 Å². The molecule has 1 atom stereocenters. The fourth-order valence-corrected chi connectivity index (χ4v) is 5.01. The number of pyridine rings is 1. The van der Waals surface area contributed by atoms with Gasteiger partial charge in [0, 0.05) is 66.3 Å². The fourth-order valence-electron chi connectivity index (χ4n) is 4.49. The normalized spacial score (nSPS) is 19.6. The molecule has 2 saturated heterocycles. The van der Waals surface area contributed by atoms with Crippen molar-refractivity contribution in [1.82, 2.24) is 19.7 Å². The van der Waals surface area contributed by atoms with E-state index in [1.165, 1.54) is 12.8 Å². The average molecular weight is 492 g/mol. The van der Waals surface area contributed by atoms with Crippen LogP contribution in [0.25, 0.3) is 0 Å². The van der Waals surface area contributed by atoms with Crippen molar-refractivity contribution in [3.63, 3.8) is 0 Å². The Morgan fingerprint density at radius 1 is 1.15 bits per heavy atom. The number of piperazine rings is 1. The molecule has 1 aromatic carbocycles. The second-order valence-corrected chi connectivity index (χ2v) is 9.61. The summed E-state index contributed by atoms with van der Waals surface area (Å²) in [4.78, 5) is 23.5. The third kappa shape index (κ3) is 6.73. The van der Waals surface area contributed by atoms with Crippen LogP contribution in [0.4, 0.5) is 16.3 Å². The van der Waals surface area contributed by atoms with E-state index in [1.807, 2.05) is 23.1 Å². The molecule has 2 aliphatic rings. The first-order valence-electron chi connectivity index (χ1n) is 11.5. The molecule has 3 heterocycles. The predicted molar refractivity (Wildman–Crippen MR) is 132 cm³/mol. The molecular weight excluding hydrogens is 461 g/mol. The van der Waals surface area contributed by atoms with Gasteiger partial charge in [0.1, 0.15) is 5.82 Å². The van der Waals surface area contributed by atoms with Gasteiger partial charge in [0.15, 0.2) is 0 Å². The van der Waals surface area contributed by atoms with Gasteiger partial charge in [-0.1, -0.05) is 29.3 Å². The maximum absolute atomic E-state index is 12.5. The Bertz CT molecular complexity index is 932. The van der Waals surface area contributed by atoms with Gasteiger partial charge in [0.25, 0.3) is 0 Å². The van der Waals surface area contributed by atoms with E-state index in [1.54, 1.807) is 12.3 Å². The monoisotopic (exact) mass is 491 g/mol. The van der Waals surface area contributed by atoms with E-state index in [0.717, 1.165) is 49.7 Å². The number of aromatic nitrogens is 1. The molecule has 0 spiro atoms. The molecule has 1 amide bonds. The zero-order chi connectivity index (χ0) is 23.2. The van der Waals surface area contributed by atoms with Crippen LogP contribution in [-0.2, 0) is 11.3 Å². The van der Waals surface area contributed by atoms with Crippen molar-refractivity contribution >= 4 is 40.8 Å². The lowest BCUT2D eigenvalue weighted by Gasteiger charge is -2.34. The quantitative estimate of drug-likeness (QED) is 0.595. The molecule has 2 aromatic rings. The van der Waals surface area contributed by atoms with E-state index in [2.05, 4.69) is 33.2 Å². The maximum atomic E-state index is 12.5. The largest absolute Gasteiger partial charge is 0.449 e. The van der Waals surface area contributed by atoms with Gasteiger partial charge in [0.2, 0.25) is 0 Å². The first-order valence-corrected chi connectivity index (χ1v) is 12.2. The molecule has 0 saturated carbocycles. The summed E-state index contributed by atoms with van der Waals surface area (Å²) in [6.07, 6.45) is 4.91. The van der Waals surface area contributed by atoms with E-state index in [9.17, 15) is 4.79 Å². The lowest BCUT2D eigenvalue weighted by atomic mass is 10.1. The van der Waals surface area contributed by atoms with Crippen LogP contribution in [0.2, 0.25) is 10.0 Å². The Balaban J connectivity index is 1.25. The molecule has 178 valence electrons. The highest BCUT2D eigenvalue weighted by atomic mass is 35.5. The predicted octanol–water partition coefficient (Wildman–Crippen LogP) is 4.87.